The Bertz CT molecular complexity index is 565. The Morgan fingerprint density at radius 1 is 1.24 bits per heavy atom. The van der Waals surface area contributed by atoms with Gasteiger partial charge < -0.3 is 15.4 Å². The van der Waals surface area contributed by atoms with E-state index in [1.165, 1.54) is 31.2 Å². The Labute approximate surface area is 151 Å². The van der Waals surface area contributed by atoms with Crippen LogP contribution in [0.4, 0.5) is 0 Å². The van der Waals surface area contributed by atoms with E-state index < -0.39 is 0 Å². The molecule has 5 nitrogen and oxygen atoms in total. The van der Waals surface area contributed by atoms with Crippen LogP contribution >= 0.6 is 0 Å². The van der Waals surface area contributed by atoms with Gasteiger partial charge in [0, 0.05) is 18.7 Å². The summed E-state index contributed by atoms with van der Waals surface area (Å²) in [5, 5.41) is 6.88. The Balaban J connectivity index is 1.74. The predicted octanol–water partition coefficient (Wildman–Crippen LogP) is 2.80. The van der Waals surface area contributed by atoms with Crippen molar-refractivity contribution in [3.05, 3.63) is 29.8 Å². The molecule has 138 valence electrons. The van der Waals surface area contributed by atoms with Crippen LogP contribution in [0.3, 0.4) is 0 Å². The predicted molar refractivity (Wildman–Crippen MR) is 103 cm³/mol. The van der Waals surface area contributed by atoms with E-state index in [1.807, 2.05) is 6.07 Å². The van der Waals surface area contributed by atoms with Crippen molar-refractivity contribution in [2.45, 2.75) is 38.6 Å². The van der Waals surface area contributed by atoms with Gasteiger partial charge in [-0.15, -0.1) is 0 Å². The molecule has 0 spiro atoms. The number of benzene rings is 1. The number of ether oxygens (including phenoxy) is 1. The van der Waals surface area contributed by atoms with Crippen molar-refractivity contribution in [2.24, 2.45) is 10.9 Å². The summed E-state index contributed by atoms with van der Waals surface area (Å²) in [7, 11) is 1.75. The Kier molecular flexibility index (Phi) is 6.56. The summed E-state index contributed by atoms with van der Waals surface area (Å²) < 4.78 is 5.62. The molecule has 1 aromatic carbocycles. The highest BCUT2D eigenvalue weighted by Gasteiger charge is 2.26. The third-order valence-electron chi connectivity index (χ3n) is 5.10. The third kappa shape index (κ3) is 5.11. The molecule has 1 aromatic rings. The molecule has 1 heterocycles. The quantitative estimate of drug-likeness (QED) is 0.562. The van der Waals surface area contributed by atoms with Crippen molar-refractivity contribution < 1.29 is 4.74 Å². The van der Waals surface area contributed by atoms with Crippen LogP contribution in [-0.2, 0) is 0 Å². The van der Waals surface area contributed by atoms with Gasteiger partial charge in [0.15, 0.2) is 5.96 Å². The van der Waals surface area contributed by atoms with E-state index in [1.54, 1.807) is 7.11 Å². The van der Waals surface area contributed by atoms with Gasteiger partial charge in [0.1, 0.15) is 5.75 Å². The van der Waals surface area contributed by atoms with E-state index in [9.17, 15) is 0 Å². The van der Waals surface area contributed by atoms with E-state index in [-0.39, 0.29) is 6.04 Å². The molecule has 1 atom stereocenters. The lowest BCUT2D eigenvalue weighted by molar-refractivity contribution is 0.245. The molecule has 2 fully saturated rings. The number of aliphatic imine (C=N–C) groups is 1. The first-order chi connectivity index (χ1) is 12.3. The summed E-state index contributed by atoms with van der Waals surface area (Å²) in [5.41, 5.74) is 1.24. The van der Waals surface area contributed by atoms with Crippen molar-refractivity contribution in [3.63, 3.8) is 0 Å². The lowest BCUT2D eigenvalue weighted by Crippen LogP contribution is -2.39. The molecular formula is C20H32N4O. The number of nitrogens with one attached hydrogen (secondary N) is 2. The van der Waals surface area contributed by atoms with Gasteiger partial charge >= 0.3 is 0 Å². The van der Waals surface area contributed by atoms with Crippen molar-refractivity contribution in [3.8, 4) is 5.75 Å². The lowest BCUT2D eigenvalue weighted by atomic mass is 10.0. The summed E-state index contributed by atoms with van der Waals surface area (Å²) in [5.74, 6) is 2.74. The fourth-order valence-corrected chi connectivity index (χ4v) is 3.49. The zero-order chi connectivity index (χ0) is 17.5. The molecule has 0 radical (unpaired) electrons. The van der Waals surface area contributed by atoms with Gasteiger partial charge in [-0.3, -0.25) is 9.89 Å². The molecule has 5 heteroatoms. The van der Waals surface area contributed by atoms with Crippen LogP contribution in [-0.4, -0.2) is 50.7 Å². The number of hydrogen-bond acceptors (Lipinski definition) is 3. The van der Waals surface area contributed by atoms with Gasteiger partial charge in [-0.1, -0.05) is 18.2 Å². The highest BCUT2D eigenvalue weighted by molar-refractivity contribution is 5.79. The average Bonchev–Trinajstić information content (AvgIpc) is 3.32. The Morgan fingerprint density at radius 3 is 2.68 bits per heavy atom. The summed E-state index contributed by atoms with van der Waals surface area (Å²) in [6.45, 7) is 7.08. The summed E-state index contributed by atoms with van der Waals surface area (Å²) in [6.07, 6.45) is 5.25. The molecule has 1 aliphatic carbocycles. The van der Waals surface area contributed by atoms with E-state index in [2.05, 4.69) is 40.7 Å². The maximum Gasteiger partial charge on any atom is 0.191 e. The topological polar surface area (TPSA) is 48.9 Å². The van der Waals surface area contributed by atoms with Crippen LogP contribution in [0.1, 0.15) is 44.2 Å². The number of nitrogens with zero attached hydrogens (tertiary/aromatic N) is 2. The van der Waals surface area contributed by atoms with Crippen molar-refractivity contribution in [1.82, 2.24) is 15.5 Å². The van der Waals surface area contributed by atoms with Crippen molar-refractivity contribution >= 4 is 5.96 Å². The minimum absolute atomic E-state index is 0.273. The van der Waals surface area contributed by atoms with E-state index in [0.29, 0.717) is 0 Å². The molecule has 2 N–H and O–H groups in total. The zero-order valence-electron chi connectivity index (χ0n) is 15.6. The Morgan fingerprint density at radius 2 is 2.00 bits per heavy atom. The average molecular weight is 345 g/mol. The molecule has 0 aromatic heterocycles. The van der Waals surface area contributed by atoms with Gasteiger partial charge in [-0.2, -0.15) is 0 Å². The Hall–Kier alpha value is -1.75. The van der Waals surface area contributed by atoms with E-state index in [4.69, 9.17) is 9.73 Å². The van der Waals surface area contributed by atoms with Crippen LogP contribution in [0.15, 0.2) is 29.3 Å². The molecule has 1 aliphatic heterocycles. The van der Waals surface area contributed by atoms with Gasteiger partial charge in [0.2, 0.25) is 0 Å². The summed E-state index contributed by atoms with van der Waals surface area (Å²) in [6, 6.07) is 8.64. The van der Waals surface area contributed by atoms with E-state index >= 15 is 0 Å². The highest BCUT2D eigenvalue weighted by Crippen LogP contribution is 2.32. The normalized spacial score (nSPS) is 19.7. The summed E-state index contributed by atoms with van der Waals surface area (Å²) >= 11 is 0. The molecular weight excluding hydrogens is 312 g/mol. The number of hydrogen-bond donors (Lipinski definition) is 2. The third-order valence-corrected chi connectivity index (χ3v) is 5.10. The first-order valence-electron chi connectivity index (χ1n) is 9.71. The van der Waals surface area contributed by atoms with Crippen LogP contribution < -0.4 is 15.4 Å². The maximum atomic E-state index is 5.62. The minimum Gasteiger partial charge on any atom is -0.496 e. The number of rotatable bonds is 8. The molecule has 1 saturated carbocycles. The standard InChI is InChI=1S/C20H32N4O/c1-3-21-20(22-14-16-10-11-16)23-15-18(24-12-6-7-13-24)17-8-4-5-9-19(17)25-2/h4-5,8-9,16,18H,3,6-7,10-15H2,1-2H3,(H2,21,22,23). The monoisotopic (exact) mass is 344 g/mol. The van der Waals surface area contributed by atoms with Crippen LogP contribution in [0.2, 0.25) is 0 Å². The maximum absolute atomic E-state index is 5.62. The first-order valence-corrected chi connectivity index (χ1v) is 9.71. The molecule has 1 saturated heterocycles. The number of para-hydroxylation sites is 1. The van der Waals surface area contributed by atoms with Crippen LogP contribution in [0, 0.1) is 5.92 Å². The number of methoxy groups -OCH3 is 1. The second-order valence-electron chi connectivity index (χ2n) is 7.04. The zero-order valence-corrected chi connectivity index (χ0v) is 15.6. The first kappa shape index (κ1) is 18.1. The minimum atomic E-state index is 0.273. The SMILES string of the molecule is CCNC(=NCC(c1ccccc1OC)N1CCCC1)NCC1CC1. The smallest absolute Gasteiger partial charge is 0.191 e. The van der Waals surface area contributed by atoms with Gasteiger partial charge in [-0.25, -0.2) is 0 Å². The fourth-order valence-electron chi connectivity index (χ4n) is 3.49. The van der Waals surface area contributed by atoms with Crippen LogP contribution in [0.25, 0.3) is 0 Å². The van der Waals surface area contributed by atoms with Crippen molar-refractivity contribution in [1.29, 1.82) is 0 Å². The molecule has 2 aliphatic rings. The van der Waals surface area contributed by atoms with Gasteiger partial charge in [0.25, 0.3) is 0 Å². The van der Waals surface area contributed by atoms with Crippen molar-refractivity contribution in [2.75, 3.05) is 39.8 Å². The number of likely N-dealkylation sites (tertiary alicyclic amines) is 1. The van der Waals surface area contributed by atoms with E-state index in [0.717, 1.165) is 50.4 Å². The lowest BCUT2D eigenvalue weighted by Gasteiger charge is -2.28. The molecule has 25 heavy (non-hydrogen) atoms. The number of guanidine groups is 1. The molecule has 0 amide bonds. The van der Waals surface area contributed by atoms with Gasteiger partial charge in [-0.05, 0) is 57.7 Å². The second-order valence-corrected chi connectivity index (χ2v) is 7.04. The molecule has 1 unspecified atom stereocenters. The fraction of sp³-hybridized carbons (Fsp3) is 0.650. The second kappa shape index (κ2) is 9.09. The summed E-state index contributed by atoms with van der Waals surface area (Å²) in [4.78, 5) is 7.45. The van der Waals surface area contributed by atoms with Gasteiger partial charge in [0.05, 0.1) is 19.7 Å². The molecule has 3 rings (SSSR count). The largest absolute Gasteiger partial charge is 0.496 e. The highest BCUT2D eigenvalue weighted by atomic mass is 16.5. The van der Waals surface area contributed by atoms with Crippen LogP contribution in [0.5, 0.6) is 5.75 Å². The molecule has 0 bridgehead atoms.